The molecule has 4 rings (SSSR count). The lowest BCUT2D eigenvalue weighted by Gasteiger charge is -2.20. The molecule has 3 aromatic rings. The highest BCUT2D eigenvalue weighted by Crippen LogP contribution is 2.36. The van der Waals surface area contributed by atoms with E-state index in [1.54, 1.807) is 24.3 Å². The third-order valence-corrected chi connectivity index (χ3v) is 5.81. The van der Waals surface area contributed by atoms with E-state index < -0.39 is 29.9 Å². The van der Waals surface area contributed by atoms with E-state index in [9.17, 15) is 23.1 Å². The van der Waals surface area contributed by atoms with Crippen LogP contribution in [0.3, 0.4) is 0 Å². The van der Waals surface area contributed by atoms with Crippen molar-refractivity contribution >= 4 is 5.97 Å². The summed E-state index contributed by atoms with van der Waals surface area (Å²) in [6.45, 7) is 0.0527. The summed E-state index contributed by atoms with van der Waals surface area (Å²) in [5, 5.41) is 13.7. The highest BCUT2D eigenvalue weighted by atomic mass is 19.4. The van der Waals surface area contributed by atoms with Crippen LogP contribution in [0.1, 0.15) is 33.9 Å². The maximum atomic E-state index is 13.4. The predicted molar refractivity (Wildman–Crippen MR) is 119 cm³/mol. The Hall–Kier alpha value is -3.36. The van der Waals surface area contributed by atoms with Gasteiger partial charge in [-0.3, -0.25) is 4.79 Å². The number of rotatable bonds is 7. The lowest BCUT2D eigenvalue weighted by Crippen LogP contribution is -2.28. The number of alkyl halides is 3. The number of aliphatic hydroxyl groups is 1. The van der Waals surface area contributed by atoms with Crippen molar-refractivity contribution in [1.82, 2.24) is 5.32 Å². The van der Waals surface area contributed by atoms with Crippen LogP contribution in [-0.2, 0) is 35.1 Å². The monoisotopic (exact) mass is 471 g/mol. The standard InChI is InChI=1S/C26H24F3NO4/c1-33-24(32)12-16-5-4-7-20(11-16)34-23-10-9-19(26(27,28)29)13-18(23)15-30-25-21-8-3-2-6-17(21)14-22(25)31/h2-11,13,22,25,30-31H,12,14-15H2,1H3/t22-,25+/m1/s1. The lowest BCUT2D eigenvalue weighted by molar-refractivity contribution is -0.140. The molecule has 0 aliphatic heterocycles. The molecule has 0 radical (unpaired) electrons. The topological polar surface area (TPSA) is 67.8 Å². The quantitative estimate of drug-likeness (QED) is 0.477. The molecule has 0 amide bonds. The Morgan fingerprint density at radius 2 is 1.88 bits per heavy atom. The number of aliphatic hydroxyl groups excluding tert-OH is 1. The van der Waals surface area contributed by atoms with Gasteiger partial charge in [-0.25, -0.2) is 0 Å². The Kier molecular flexibility index (Phi) is 6.90. The van der Waals surface area contributed by atoms with Gasteiger partial charge in [-0.2, -0.15) is 13.2 Å². The minimum atomic E-state index is -4.51. The second-order valence-electron chi connectivity index (χ2n) is 8.15. The molecular formula is C26H24F3NO4. The van der Waals surface area contributed by atoms with E-state index in [0.717, 1.165) is 23.3 Å². The summed E-state index contributed by atoms with van der Waals surface area (Å²) >= 11 is 0. The van der Waals surface area contributed by atoms with E-state index in [-0.39, 0.29) is 18.7 Å². The van der Waals surface area contributed by atoms with Crippen LogP contribution < -0.4 is 10.1 Å². The van der Waals surface area contributed by atoms with E-state index in [1.807, 2.05) is 24.3 Å². The smallest absolute Gasteiger partial charge is 0.416 e. The third-order valence-electron chi connectivity index (χ3n) is 5.81. The van der Waals surface area contributed by atoms with Crippen LogP contribution in [0.2, 0.25) is 0 Å². The summed E-state index contributed by atoms with van der Waals surface area (Å²) in [7, 11) is 1.30. The largest absolute Gasteiger partial charge is 0.469 e. The van der Waals surface area contributed by atoms with Crippen LogP contribution in [0.5, 0.6) is 11.5 Å². The first-order chi connectivity index (χ1) is 16.2. The van der Waals surface area contributed by atoms with Crippen LogP contribution in [0.25, 0.3) is 0 Å². The number of benzene rings is 3. The van der Waals surface area contributed by atoms with E-state index in [0.29, 0.717) is 23.3 Å². The average molecular weight is 471 g/mol. The number of hydrogen-bond donors (Lipinski definition) is 2. The van der Waals surface area contributed by atoms with E-state index >= 15 is 0 Å². The maximum Gasteiger partial charge on any atom is 0.416 e. The molecule has 3 aromatic carbocycles. The molecule has 0 unspecified atom stereocenters. The van der Waals surface area contributed by atoms with Crippen LogP contribution in [0.15, 0.2) is 66.7 Å². The summed E-state index contributed by atoms with van der Waals surface area (Å²) in [5.74, 6) is 0.220. The fraction of sp³-hybridized carbons (Fsp3) is 0.269. The van der Waals surface area contributed by atoms with Gasteiger partial charge in [0.2, 0.25) is 0 Å². The molecule has 2 atom stereocenters. The Balaban J connectivity index is 1.59. The molecule has 0 saturated heterocycles. The van der Waals surface area contributed by atoms with Crippen molar-refractivity contribution in [3.8, 4) is 11.5 Å². The Labute approximate surface area is 195 Å². The number of carbonyl (C=O) groups excluding carboxylic acids is 1. The van der Waals surface area contributed by atoms with E-state index in [2.05, 4.69) is 10.1 Å². The summed E-state index contributed by atoms with van der Waals surface area (Å²) in [6, 6.07) is 17.2. The van der Waals surface area contributed by atoms with Crippen LogP contribution in [0.4, 0.5) is 13.2 Å². The number of hydrogen-bond acceptors (Lipinski definition) is 5. The fourth-order valence-electron chi connectivity index (χ4n) is 4.12. The molecule has 178 valence electrons. The molecule has 8 heteroatoms. The van der Waals surface area contributed by atoms with Crippen molar-refractivity contribution in [1.29, 1.82) is 0 Å². The lowest BCUT2D eigenvalue weighted by atomic mass is 10.1. The number of halogens is 3. The number of esters is 1. The van der Waals surface area contributed by atoms with Gasteiger partial charge in [-0.1, -0.05) is 36.4 Å². The molecule has 0 fully saturated rings. The van der Waals surface area contributed by atoms with Crippen molar-refractivity contribution in [3.63, 3.8) is 0 Å². The van der Waals surface area contributed by atoms with Crippen molar-refractivity contribution in [2.45, 2.75) is 37.7 Å². The normalized spacial score (nSPS) is 17.3. The first-order valence-electron chi connectivity index (χ1n) is 10.8. The second-order valence-corrected chi connectivity index (χ2v) is 8.15. The van der Waals surface area contributed by atoms with E-state index in [1.165, 1.54) is 13.2 Å². The molecule has 0 heterocycles. The highest BCUT2D eigenvalue weighted by Gasteiger charge is 2.33. The minimum absolute atomic E-state index is 0.0497. The third kappa shape index (κ3) is 5.40. The maximum absolute atomic E-state index is 13.4. The molecule has 5 nitrogen and oxygen atoms in total. The Bertz CT molecular complexity index is 1180. The highest BCUT2D eigenvalue weighted by molar-refractivity contribution is 5.72. The van der Waals surface area contributed by atoms with Crippen molar-refractivity contribution in [2.24, 2.45) is 0 Å². The minimum Gasteiger partial charge on any atom is -0.469 e. The summed E-state index contributed by atoms with van der Waals surface area (Å²) in [4.78, 5) is 11.6. The second kappa shape index (κ2) is 9.87. The van der Waals surface area contributed by atoms with E-state index in [4.69, 9.17) is 4.74 Å². The molecule has 0 saturated carbocycles. The number of nitrogens with one attached hydrogen (secondary N) is 1. The molecule has 0 spiro atoms. The number of methoxy groups -OCH3 is 1. The van der Waals surface area contributed by atoms with Gasteiger partial charge in [-0.15, -0.1) is 0 Å². The number of carbonyl (C=O) groups is 1. The molecule has 1 aliphatic rings. The predicted octanol–water partition coefficient (Wildman–Crippen LogP) is 4.96. The van der Waals surface area contributed by atoms with Gasteiger partial charge in [-0.05, 0) is 47.0 Å². The van der Waals surface area contributed by atoms with Crippen LogP contribution >= 0.6 is 0 Å². The zero-order valence-corrected chi connectivity index (χ0v) is 18.4. The van der Waals surface area contributed by atoms with Crippen LogP contribution in [0, 0.1) is 0 Å². The summed E-state index contributed by atoms with van der Waals surface area (Å²) < 4.78 is 50.8. The number of ether oxygens (including phenoxy) is 2. The Morgan fingerprint density at radius 1 is 1.09 bits per heavy atom. The van der Waals surface area contributed by atoms with Crippen molar-refractivity contribution in [3.05, 3.63) is 94.5 Å². The van der Waals surface area contributed by atoms with Gasteiger partial charge in [0.15, 0.2) is 0 Å². The van der Waals surface area contributed by atoms with Crippen molar-refractivity contribution in [2.75, 3.05) is 7.11 Å². The molecule has 34 heavy (non-hydrogen) atoms. The Morgan fingerprint density at radius 3 is 2.65 bits per heavy atom. The zero-order chi connectivity index (χ0) is 24.3. The molecule has 2 N–H and O–H groups in total. The van der Waals surface area contributed by atoms with Gasteiger partial charge >= 0.3 is 12.1 Å². The molecule has 0 aromatic heterocycles. The van der Waals surface area contributed by atoms with Crippen LogP contribution in [-0.4, -0.2) is 24.3 Å². The van der Waals surface area contributed by atoms with Gasteiger partial charge < -0.3 is 19.9 Å². The first-order valence-corrected chi connectivity index (χ1v) is 10.8. The van der Waals surface area contributed by atoms with Gasteiger partial charge in [0.25, 0.3) is 0 Å². The van der Waals surface area contributed by atoms with Gasteiger partial charge in [0.05, 0.1) is 31.2 Å². The van der Waals surface area contributed by atoms with Crippen molar-refractivity contribution < 1.29 is 32.5 Å². The molecule has 1 aliphatic carbocycles. The molecule has 0 bridgehead atoms. The first kappa shape index (κ1) is 23.8. The SMILES string of the molecule is COC(=O)Cc1cccc(Oc2ccc(C(F)(F)F)cc2CN[C@H]2c3ccccc3C[C@H]2O)c1. The summed E-state index contributed by atoms with van der Waals surface area (Å²) in [5.41, 5.74) is 2.10. The zero-order valence-electron chi connectivity index (χ0n) is 18.4. The summed E-state index contributed by atoms with van der Waals surface area (Å²) in [6.07, 6.45) is -4.66. The van der Waals surface area contributed by atoms with Gasteiger partial charge in [0, 0.05) is 18.5 Å². The number of fused-ring (bicyclic) bond motifs is 1. The fourth-order valence-corrected chi connectivity index (χ4v) is 4.12. The molecular weight excluding hydrogens is 447 g/mol. The van der Waals surface area contributed by atoms with Gasteiger partial charge in [0.1, 0.15) is 11.5 Å². The average Bonchev–Trinajstić information content (AvgIpc) is 3.12.